The van der Waals surface area contributed by atoms with Gasteiger partial charge in [0.2, 0.25) is 0 Å². The van der Waals surface area contributed by atoms with Crippen molar-refractivity contribution in [1.29, 1.82) is 0 Å². The summed E-state index contributed by atoms with van der Waals surface area (Å²) >= 11 is 0. The van der Waals surface area contributed by atoms with Crippen LogP contribution >= 0.6 is 0 Å². The van der Waals surface area contributed by atoms with Gasteiger partial charge in [0.15, 0.2) is 0 Å². The molecule has 0 heterocycles. The number of benzene rings is 3. The highest BCUT2D eigenvalue weighted by Gasteiger charge is 2.45. The lowest BCUT2D eigenvalue weighted by atomic mass is 9.75. The number of anilines is 1. The quantitative estimate of drug-likeness (QED) is 0.554. The average Bonchev–Trinajstić information content (AvgIpc) is 2.84. The molecule has 138 valence electrons. The van der Waals surface area contributed by atoms with E-state index in [1.54, 1.807) is 0 Å². The molecule has 1 aliphatic rings. The summed E-state index contributed by atoms with van der Waals surface area (Å²) < 4.78 is 6.12. The lowest BCUT2D eigenvalue weighted by molar-refractivity contribution is 0.424. The van der Waals surface area contributed by atoms with Crippen molar-refractivity contribution in [1.82, 2.24) is 0 Å². The first kappa shape index (κ1) is 17.7. The van der Waals surface area contributed by atoms with E-state index in [1.165, 1.54) is 22.3 Å². The second-order valence-electron chi connectivity index (χ2n) is 8.64. The zero-order valence-corrected chi connectivity index (χ0v) is 16.5. The molecule has 0 radical (unpaired) electrons. The van der Waals surface area contributed by atoms with Crippen LogP contribution in [0.2, 0.25) is 0 Å². The summed E-state index contributed by atoms with van der Waals surface area (Å²) in [7, 11) is 0. The molecule has 1 atom stereocenters. The molecule has 0 fully saturated rings. The van der Waals surface area contributed by atoms with Crippen molar-refractivity contribution in [3.05, 3.63) is 89.0 Å². The van der Waals surface area contributed by atoms with E-state index in [2.05, 4.69) is 70.2 Å². The maximum absolute atomic E-state index is 6.12. The van der Waals surface area contributed by atoms with E-state index >= 15 is 0 Å². The number of nitrogens with two attached hydrogens (primary N) is 1. The van der Waals surface area contributed by atoms with Gasteiger partial charge in [0, 0.05) is 11.1 Å². The van der Waals surface area contributed by atoms with E-state index < -0.39 is 0 Å². The molecule has 4 rings (SSSR count). The normalized spacial score (nSPS) is 20.3. The summed E-state index contributed by atoms with van der Waals surface area (Å²) in [6, 6.07) is 23.0. The fourth-order valence-electron chi connectivity index (χ4n) is 4.56. The Labute approximate surface area is 162 Å². The predicted octanol–water partition coefficient (Wildman–Crippen LogP) is 6.36. The monoisotopic (exact) mass is 357 g/mol. The third-order valence-corrected chi connectivity index (χ3v) is 5.91. The van der Waals surface area contributed by atoms with Crippen LogP contribution in [0.4, 0.5) is 5.69 Å². The van der Waals surface area contributed by atoms with Gasteiger partial charge >= 0.3 is 0 Å². The van der Waals surface area contributed by atoms with Gasteiger partial charge in [-0.25, -0.2) is 0 Å². The van der Waals surface area contributed by atoms with Gasteiger partial charge < -0.3 is 10.5 Å². The van der Waals surface area contributed by atoms with E-state index in [4.69, 9.17) is 10.5 Å². The average molecular weight is 357 g/mol. The maximum atomic E-state index is 6.12. The molecule has 0 bridgehead atoms. The van der Waals surface area contributed by atoms with Gasteiger partial charge in [-0.3, -0.25) is 0 Å². The summed E-state index contributed by atoms with van der Waals surface area (Å²) in [6.45, 7) is 9.17. The van der Waals surface area contributed by atoms with Crippen LogP contribution < -0.4 is 10.5 Å². The van der Waals surface area contributed by atoms with Crippen LogP contribution in [0.25, 0.3) is 0 Å². The molecule has 0 spiro atoms. The predicted molar refractivity (Wildman–Crippen MR) is 113 cm³/mol. The van der Waals surface area contributed by atoms with E-state index in [0.29, 0.717) is 0 Å². The third kappa shape index (κ3) is 3.10. The molecule has 0 aliphatic heterocycles. The number of hydrogen-bond donors (Lipinski definition) is 1. The first-order valence-electron chi connectivity index (χ1n) is 9.53. The van der Waals surface area contributed by atoms with E-state index in [9.17, 15) is 0 Å². The number of hydrogen-bond acceptors (Lipinski definition) is 2. The second kappa shape index (κ2) is 6.16. The Kier molecular flexibility index (Phi) is 4.03. The Bertz CT molecular complexity index is 970. The van der Waals surface area contributed by atoms with Crippen LogP contribution in [-0.2, 0) is 10.8 Å². The number of fused-ring (bicyclic) bond motifs is 1. The number of rotatable bonds is 3. The SMILES string of the molecule is Cc1ccc(C2(C)CC(C)(C)c3ccc(Oc4ccc(N)cc4)cc32)cc1. The zero-order valence-electron chi connectivity index (χ0n) is 16.5. The van der Waals surface area contributed by atoms with Crippen molar-refractivity contribution in [2.45, 2.75) is 44.9 Å². The van der Waals surface area contributed by atoms with Crippen molar-refractivity contribution in [2.24, 2.45) is 0 Å². The number of aryl methyl sites for hydroxylation is 1. The fourth-order valence-corrected chi connectivity index (χ4v) is 4.56. The second-order valence-corrected chi connectivity index (χ2v) is 8.64. The fraction of sp³-hybridized carbons (Fsp3) is 0.280. The minimum absolute atomic E-state index is 0.0208. The first-order valence-corrected chi connectivity index (χ1v) is 9.53. The lowest BCUT2D eigenvalue weighted by Crippen LogP contribution is -2.23. The topological polar surface area (TPSA) is 35.2 Å². The highest BCUT2D eigenvalue weighted by Crippen LogP contribution is 2.53. The highest BCUT2D eigenvalue weighted by atomic mass is 16.5. The zero-order chi connectivity index (χ0) is 19.2. The van der Waals surface area contributed by atoms with Gasteiger partial charge in [-0.15, -0.1) is 0 Å². The van der Waals surface area contributed by atoms with Gasteiger partial charge in [-0.2, -0.15) is 0 Å². The molecule has 1 unspecified atom stereocenters. The van der Waals surface area contributed by atoms with Crippen molar-refractivity contribution >= 4 is 5.69 Å². The molecule has 1 aliphatic carbocycles. The van der Waals surface area contributed by atoms with Crippen molar-refractivity contribution in [3.8, 4) is 11.5 Å². The summed E-state index contributed by atoms with van der Waals surface area (Å²) in [5, 5.41) is 0. The Hall–Kier alpha value is -2.74. The molecule has 2 N–H and O–H groups in total. The smallest absolute Gasteiger partial charge is 0.127 e. The molecule has 3 aromatic carbocycles. The Morgan fingerprint density at radius 3 is 2.07 bits per heavy atom. The minimum atomic E-state index is -0.0208. The van der Waals surface area contributed by atoms with E-state index in [-0.39, 0.29) is 10.8 Å². The van der Waals surface area contributed by atoms with Crippen LogP contribution in [0.3, 0.4) is 0 Å². The molecular weight excluding hydrogens is 330 g/mol. The van der Waals surface area contributed by atoms with Crippen LogP contribution in [0, 0.1) is 6.92 Å². The summed E-state index contributed by atoms with van der Waals surface area (Å²) in [5.74, 6) is 1.67. The van der Waals surface area contributed by atoms with Gasteiger partial charge in [0.1, 0.15) is 11.5 Å². The lowest BCUT2D eigenvalue weighted by Gasteiger charge is -2.28. The van der Waals surface area contributed by atoms with Crippen LogP contribution in [0.1, 0.15) is 49.4 Å². The standard InChI is InChI=1S/C25H27NO/c1-17-5-7-18(8-6-17)25(4)16-24(2,3)22-14-13-21(15-23(22)25)27-20-11-9-19(26)10-12-20/h5-15H,16,26H2,1-4H3. The molecule has 2 heteroatoms. The maximum Gasteiger partial charge on any atom is 0.127 e. The van der Waals surface area contributed by atoms with Crippen molar-refractivity contribution < 1.29 is 4.74 Å². The van der Waals surface area contributed by atoms with Crippen LogP contribution in [0.5, 0.6) is 11.5 Å². The molecule has 0 amide bonds. The Morgan fingerprint density at radius 2 is 1.41 bits per heavy atom. The Morgan fingerprint density at radius 1 is 0.778 bits per heavy atom. The van der Waals surface area contributed by atoms with Gasteiger partial charge in [0.25, 0.3) is 0 Å². The molecule has 0 saturated carbocycles. The third-order valence-electron chi connectivity index (χ3n) is 5.91. The van der Waals surface area contributed by atoms with E-state index in [0.717, 1.165) is 23.6 Å². The Balaban J connectivity index is 1.77. The highest BCUT2D eigenvalue weighted by molar-refractivity contribution is 5.55. The van der Waals surface area contributed by atoms with Gasteiger partial charge in [-0.1, -0.05) is 56.7 Å². The molecule has 2 nitrogen and oxygen atoms in total. The molecule has 27 heavy (non-hydrogen) atoms. The number of ether oxygens (including phenoxy) is 1. The molecule has 3 aromatic rings. The van der Waals surface area contributed by atoms with Crippen LogP contribution in [-0.4, -0.2) is 0 Å². The molecular formula is C25H27NO. The molecule has 0 saturated heterocycles. The van der Waals surface area contributed by atoms with Crippen molar-refractivity contribution in [2.75, 3.05) is 5.73 Å². The van der Waals surface area contributed by atoms with Crippen LogP contribution in [0.15, 0.2) is 66.7 Å². The summed E-state index contributed by atoms with van der Waals surface area (Å²) in [4.78, 5) is 0. The minimum Gasteiger partial charge on any atom is -0.457 e. The van der Waals surface area contributed by atoms with Gasteiger partial charge in [0.05, 0.1) is 0 Å². The van der Waals surface area contributed by atoms with Crippen molar-refractivity contribution in [3.63, 3.8) is 0 Å². The number of nitrogen functional groups attached to an aromatic ring is 1. The summed E-state index contributed by atoms with van der Waals surface area (Å²) in [5.41, 5.74) is 12.1. The van der Waals surface area contributed by atoms with Gasteiger partial charge in [-0.05, 0) is 71.8 Å². The summed E-state index contributed by atoms with van der Waals surface area (Å²) in [6.07, 6.45) is 1.09. The molecule has 0 aromatic heterocycles. The largest absolute Gasteiger partial charge is 0.457 e. The first-order chi connectivity index (χ1) is 12.8. The van der Waals surface area contributed by atoms with E-state index in [1.807, 2.05) is 24.3 Å².